The molecular weight excluding hydrogens is 411 g/mol. The van der Waals surface area contributed by atoms with Crippen LogP contribution in [0.2, 0.25) is 10.0 Å². The molecule has 3 amide bonds. The van der Waals surface area contributed by atoms with Crippen LogP contribution in [0.5, 0.6) is 0 Å². The number of carbonyl (C=O) groups excluding carboxylic acids is 2. The molecule has 3 N–H and O–H groups in total. The van der Waals surface area contributed by atoms with Crippen LogP contribution in [0, 0.1) is 0 Å². The number of amides is 3. The molecule has 0 spiro atoms. The summed E-state index contributed by atoms with van der Waals surface area (Å²) in [4.78, 5) is 26.8. The first-order chi connectivity index (χ1) is 14.0. The number of para-hydroxylation sites is 2. The summed E-state index contributed by atoms with van der Waals surface area (Å²) >= 11 is 12.3. The molecule has 1 aliphatic rings. The highest BCUT2D eigenvalue weighted by Crippen LogP contribution is 2.29. The molecule has 0 radical (unpaired) electrons. The molecule has 1 saturated heterocycles. The maximum absolute atomic E-state index is 12.5. The molecule has 1 unspecified atom stereocenters. The molecule has 154 valence electrons. The van der Waals surface area contributed by atoms with Crippen molar-refractivity contribution in [2.75, 3.05) is 30.3 Å². The number of rotatable bonds is 6. The van der Waals surface area contributed by atoms with Crippen molar-refractivity contribution < 1.29 is 9.59 Å². The molecule has 2 aromatic rings. The molecule has 0 bridgehead atoms. The number of carbonyl (C=O) groups is 2. The van der Waals surface area contributed by atoms with E-state index < -0.39 is 0 Å². The number of urea groups is 1. The molecule has 8 heteroatoms. The van der Waals surface area contributed by atoms with Gasteiger partial charge < -0.3 is 16.0 Å². The topological polar surface area (TPSA) is 73.5 Å². The summed E-state index contributed by atoms with van der Waals surface area (Å²) in [5.41, 5.74) is 1.16. The third-order valence-electron chi connectivity index (χ3n) is 4.85. The van der Waals surface area contributed by atoms with Gasteiger partial charge in [-0.15, -0.1) is 0 Å². The Labute approximate surface area is 180 Å². The second-order valence-corrected chi connectivity index (χ2v) is 7.78. The van der Waals surface area contributed by atoms with Crippen LogP contribution in [-0.2, 0) is 4.79 Å². The fourth-order valence-corrected chi connectivity index (χ4v) is 3.88. The van der Waals surface area contributed by atoms with E-state index in [1.54, 1.807) is 18.2 Å². The average Bonchev–Trinajstić information content (AvgIpc) is 2.71. The van der Waals surface area contributed by atoms with Crippen LogP contribution < -0.4 is 16.0 Å². The van der Waals surface area contributed by atoms with Gasteiger partial charge in [0.2, 0.25) is 5.91 Å². The Morgan fingerprint density at radius 3 is 2.41 bits per heavy atom. The van der Waals surface area contributed by atoms with Crippen molar-refractivity contribution in [3.05, 3.63) is 58.6 Å². The summed E-state index contributed by atoms with van der Waals surface area (Å²) in [6.45, 7) is 1.49. The third kappa shape index (κ3) is 6.35. The highest BCUT2D eigenvalue weighted by atomic mass is 35.5. The molecule has 0 aromatic heterocycles. The average molecular weight is 435 g/mol. The molecule has 2 aromatic carbocycles. The van der Waals surface area contributed by atoms with Crippen molar-refractivity contribution in [3.63, 3.8) is 0 Å². The van der Waals surface area contributed by atoms with E-state index in [0.717, 1.165) is 31.5 Å². The number of nitrogens with zero attached hydrogens (tertiary/aromatic N) is 1. The van der Waals surface area contributed by atoms with Crippen molar-refractivity contribution in [1.82, 2.24) is 10.2 Å². The SMILES string of the molecule is O=C(CN1CCCCC1CNC(=O)Nc1ccccc1)Nc1c(Cl)cccc1Cl. The quantitative estimate of drug-likeness (QED) is 0.621. The van der Waals surface area contributed by atoms with E-state index in [1.807, 2.05) is 30.3 Å². The van der Waals surface area contributed by atoms with Crippen molar-refractivity contribution in [2.45, 2.75) is 25.3 Å². The highest BCUT2D eigenvalue weighted by molar-refractivity contribution is 6.39. The fraction of sp³-hybridized carbons (Fsp3) is 0.333. The zero-order valence-electron chi connectivity index (χ0n) is 16.0. The summed E-state index contributed by atoms with van der Waals surface area (Å²) in [6.07, 6.45) is 3.01. The predicted molar refractivity (Wildman–Crippen MR) is 118 cm³/mol. The fourth-order valence-electron chi connectivity index (χ4n) is 3.39. The van der Waals surface area contributed by atoms with Crippen LogP contribution in [0.1, 0.15) is 19.3 Å². The Morgan fingerprint density at radius 2 is 1.69 bits per heavy atom. The number of nitrogens with one attached hydrogen (secondary N) is 3. The van der Waals surface area contributed by atoms with Crippen LogP contribution in [0.25, 0.3) is 0 Å². The minimum atomic E-state index is -0.256. The Morgan fingerprint density at radius 1 is 0.966 bits per heavy atom. The lowest BCUT2D eigenvalue weighted by Gasteiger charge is -2.35. The maximum atomic E-state index is 12.5. The van der Waals surface area contributed by atoms with Gasteiger partial charge in [0.05, 0.1) is 22.3 Å². The minimum Gasteiger partial charge on any atom is -0.336 e. The number of hydrogen-bond donors (Lipinski definition) is 3. The van der Waals surface area contributed by atoms with E-state index >= 15 is 0 Å². The van der Waals surface area contributed by atoms with E-state index in [2.05, 4.69) is 20.9 Å². The lowest BCUT2D eigenvalue weighted by atomic mass is 10.0. The van der Waals surface area contributed by atoms with E-state index in [9.17, 15) is 9.59 Å². The monoisotopic (exact) mass is 434 g/mol. The first-order valence-electron chi connectivity index (χ1n) is 9.61. The molecule has 1 fully saturated rings. The van der Waals surface area contributed by atoms with E-state index in [0.29, 0.717) is 22.3 Å². The summed E-state index contributed by atoms with van der Waals surface area (Å²) in [6, 6.07) is 14.2. The van der Waals surface area contributed by atoms with Crippen molar-refractivity contribution in [2.24, 2.45) is 0 Å². The van der Waals surface area contributed by atoms with Crippen molar-refractivity contribution >= 4 is 46.5 Å². The number of likely N-dealkylation sites (tertiary alicyclic amines) is 1. The first-order valence-corrected chi connectivity index (χ1v) is 10.4. The summed E-state index contributed by atoms with van der Waals surface area (Å²) in [5, 5.41) is 9.32. The smallest absolute Gasteiger partial charge is 0.319 e. The summed E-state index contributed by atoms with van der Waals surface area (Å²) < 4.78 is 0. The lowest BCUT2D eigenvalue weighted by Crippen LogP contribution is -2.49. The number of halogens is 2. The zero-order valence-corrected chi connectivity index (χ0v) is 17.5. The van der Waals surface area contributed by atoms with E-state index in [1.165, 1.54) is 0 Å². The number of benzene rings is 2. The van der Waals surface area contributed by atoms with Crippen LogP contribution in [-0.4, -0.2) is 42.5 Å². The van der Waals surface area contributed by atoms with Gasteiger partial charge >= 0.3 is 6.03 Å². The highest BCUT2D eigenvalue weighted by Gasteiger charge is 2.25. The molecule has 29 heavy (non-hydrogen) atoms. The largest absolute Gasteiger partial charge is 0.336 e. The minimum absolute atomic E-state index is 0.0951. The van der Waals surface area contributed by atoms with Gasteiger partial charge in [0.1, 0.15) is 0 Å². The van der Waals surface area contributed by atoms with Gasteiger partial charge in [0.25, 0.3) is 0 Å². The van der Waals surface area contributed by atoms with Crippen LogP contribution in [0.3, 0.4) is 0 Å². The molecule has 1 heterocycles. The van der Waals surface area contributed by atoms with Crippen LogP contribution >= 0.6 is 23.2 Å². The van der Waals surface area contributed by atoms with Crippen molar-refractivity contribution in [3.8, 4) is 0 Å². The molecular formula is C21H24Cl2N4O2. The van der Waals surface area contributed by atoms with E-state index in [4.69, 9.17) is 23.2 Å². The van der Waals surface area contributed by atoms with Crippen LogP contribution in [0.15, 0.2) is 48.5 Å². The molecule has 1 aliphatic heterocycles. The lowest BCUT2D eigenvalue weighted by molar-refractivity contribution is -0.118. The Hall–Kier alpha value is -2.28. The van der Waals surface area contributed by atoms with Gasteiger partial charge in [-0.2, -0.15) is 0 Å². The summed E-state index contributed by atoms with van der Waals surface area (Å²) in [7, 11) is 0. The standard InChI is InChI=1S/C21H24Cl2N4O2/c22-17-10-6-11-18(23)20(17)26-19(28)14-27-12-5-4-9-16(27)13-24-21(29)25-15-7-2-1-3-8-15/h1-3,6-8,10-11,16H,4-5,9,12-14H2,(H,26,28)(H2,24,25,29). The molecule has 0 saturated carbocycles. The number of hydrogen-bond acceptors (Lipinski definition) is 3. The van der Waals surface area contributed by atoms with E-state index in [-0.39, 0.29) is 24.5 Å². The van der Waals surface area contributed by atoms with Crippen molar-refractivity contribution in [1.29, 1.82) is 0 Å². The zero-order chi connectivity index (χ0) is 20.6. The second kappa shape index (κ2) is 10.5. The van der Waals surface area contributed by atoms with Gasteiger partial charge in [-0.05, 0) is 43.7 Å². The second-order valence-electron chi connectivity index (χ2n) is 6.97. The molecule has 3 rings (SSSR count). The Balaban J connectivity index is 1.52. The van der Waals surface area contributed by atoms with Gasteiger partial charge in [0, 0.05) is 18.3 Å². The van der Waals surface area contributed by atoms with Gasteiger partial charge in [-0.1, -0.05) is 53.9 Å². The number of anilines is 2. The molecule has 1 atom stereocenters. The Kier molecular flexibility index (Phi) is 7.75. The number of piperidine rings is 1. The maximum Gasteiger partial charge on any atom is 0.319 e. The predicted octanol–water partition coefficient (Wildman–Crippen LogP) is 4.61. The van der Waals surface area contributed by atoms with Gasteiger partial charge in [-0.3, -0.25) is 9.69 Å². The summed E-state index contributed by atoms with van der Waals surface area (Å²) in [5.74, 6) is -0.180. The third-order valence-corrected chi connectivity index (χ3v) is 5.48. The van der Waals surface area contributed by atoms with Gasteiger partial charge in [-0.25, -0.2) is 4.79 Å². The molecule has 0 aliphatic carbocycles. The van der Waals surface area contributed by atoms with Gasteiger partial charge in [0.15, 0.2) is 0 Å². The van der Waals surface area contributed by atoms with Crippen LogP contribution in [0.4, 0.5) is 16.2 Å². The first kappa shape index (κ1) is 21.4. The normalized spacial score (nSPS) is 16.8. The Bertz CT molecular complexity index is 828. The molecule has 6 nitrogen and oxygen atoms in total.